The van der Waals surface area contributed by atoms with Gasteiger partial charge in [-0.15, -0.1) is 0 Å². The lowest BCUT2D eigenvalue weighted by molar-refractivity contribution is -0.120. The SMILES string of the molecule is CCC(=O)[C@@H](CC)c1ccc(OCCN(CC)CC)cc1. The van der Waals surface area contributed by atoms with Crippen LogP contribution in [0, 0.1) is 0 Å². The summed E-state index contributed by atoms with van der Waals surface area (Å²) >= 11 is 0. The van der Waals surface area contributed by atoms with Gasteiger partial charge in [-0.1, -0.05) is 39.8 Å². The van der Waals surface area contributed by atoms with Crippen molar-refractivity contribution in [1.29, 1.82) is 0 Å². The molecule has 0 fully saturated rings. The zero-order chi connectivity index (χ0) is 15.7. The highest BCUT2D eigenvalue weighted by molar-refractivity contribution is 5.85. The number of nitrogens with zero attached hydrogens (tertiary/aromatic N) is 1. The summed E-state index contributed by atoms with van der Waals surface area (Å²) in [5.41, 5.74) is 1.10. The molecule has 0 aliphatic carbocycles. The number of ether oxygens (including phenoxy) is 1. The largest absolute Gasteiger partial charge is 0.492 e. The summed E-state index contributed by atoms with van der Waals surface area (Å²) in [7, 11) is 0. The number of ketones is 1. The highest BCUT2D eigenvalue weighted by atomic mass is 16.5. The first-order chi connectivity index (χ1) is 10.2. The summed E-state index contributed by atoms with van der Waals surface area (Å²) in [4.78, 5) is 14.2. The average Bonchev–Trinajstić information content (AvgIpc) is 2.53. The molecule has 0 heterocycles. The topological polar surface area (TPSA) is 29.5 Å². The molecule has 3 nitrogen and oxygen atoms in total. The molecule has 0 aliphatic heterocycles. The number of hydrogen-bond donors (Lipinski definition) is 0. The van der Waals surface area contributed by atoms with E-state index in [0.29, 0.717) is 18.8 Å². The van der Waals surface area contributed by atoms with Crippen molar-refractivity contribution in [1.82, 2.24) is 4.90 Å². The van der Waals surface area contributed by atoms with Gasteiger partial charge >= 0.3 is 0 Å². The molecule has 0 unspecified atom stereocenters. The number of carbonyl (C=O) groups excluding carboxylic acids is 1. The van der Waals surface area contributed by atoms with Crippen LogP contribution in [-0.2, 0) is 4.79 Å². The number of carbonyl (C=O) groups is 1. The minimum atomic E-state index is 0.0275. The molecular weight excluding hydrogens is 262 g/mol. The van der Waals surface area contributed by atoms with Crippen molar-refractivity contribution in [3.8, 4) is 5.75 Å². The molecule has 21 heavy (non-hydrogen) atoms. The van der Waals surface area contributed by atoms with Crippen molar-refractivity contribution in [3.05, 3.63) is 29.8 Å². The third kappa shape index (κ3) is 5.50. The maximum Gasteiger partial charge on any atom is 0.140 e. The third-order valence-corrected chi connectivity index (χ3v) is 4.00. The van der Waals surface area contributed by atoms with E-state index in [-0.39, 0.29) is 5.92 Å². The lowest BCUT2D eigenvalue weighted by Gasteiger charge is -2.18. The Morgan fingerprint density at radius 3 is 2.19 bits per heavy atom. The first-order valence-corrected chi connectivity index (χ1v) is 8.13. The van der Waals surface area contributed by atoms with Crippen LogP contribution in [0.25, 0.3) is 0 Å². The first-order valence-electron chi connectivity index (χ1n) is 8.13. The van der Waals surface area contributed by atoms with Gasteiger partial charge in [0.25, 0.3) is 0 Å². The van der Waals surface area contributed by atoms with E-state index in [4.69, 9.17) is 4.74 Å². The zero-order valence-corrected chi connectivity index (χ0v) is 13.9. The van der Waals surface area contributed by atoms with Gasteiger partial charge in [-0.2, -0.15) is 0 Å². The van der Waals surface area contributed by atoms with Gasteiger partial charge in [-0.25, -0.2) is 0 Å². The summed E-state index contributed by atoms with van der Waals surface area (Å²) in [6, 6.07) is 8.00. The van der Waals surface area contributed by atoms with Crippen LogP contribution in [0.5, 0.6) is 5.75 Å². The fourth-order valence-corrected chi connectivity index (χ4v) is 2.52. The quantitative estimate of drug-likeness (QED) is 0.655. The van der Waals surface area contributed by atoms with Crippen LogP contribution in [0.15, 0.2) is 24.3 Å². The Morgan fingerprint density at radius 1 is 1.10 bits per heavy atom. The molecule has 0 saturated carbocycles. The number of Topliss-reactive ketones (excluding diaryl/α,β-unsaturated/α-hetero) is 1. The smallest absolute Gasteiger partial charge is 0.140 e. The molecule has 1 atom stereocenters. The molecule has 0 aliphatic rings. The molecule has 0 bridgehead atoms. The van der Waals surface area contributed by atoms with E-state index in [2.05, 4.69) is 25.7 Å². The van der Waals surface area contributed by atoms with Crippen LogP contribution >= 0.6 is 0 Å². The maximum atomic E-state index is 11.9. The van der Waals surface area contributed by atoms with Crippen molar-refractivity contribution in [2.24, 2.45) is 0 Å². The Morgan fingerprint density at radius 2 is 1.71 bits per heavy atom. The van der Waals surface area contributed by atoms with E-state index in [0.717, 1.165) is 37.4 Å². The van der Waals surface area contributed by atoms with Crippen molar-refractivity contribution in [2.75, 3.05) is 26.2 Å². The molecule has 0 N–H and O–H groups in total. The molecule has 1 rings (SSSR count). The molecule has 0 amide bonds. The van der Waals surface area contributed by atoms with Gasteiger partial charge in [-0.05, 0) is 37.2 Å². The van der Waals surface area contributed by atoms with Gasteiger partial charge in [-0.3, -0.25) is 4.79 Å². The number of rotatable bonds is 10. The van der Waals surface area contributed by atoms with Gasteiger partial charge in [0, 0.05) is 18.9 Å². The second kappa shape index (κ2) is 9.56. The van der Waals surface area contributed by atoms with Crippen LogP contribution in [0.2, 0.25) is 0 Å². The second-order valence-electron chi connectivity index (χ2n) is 5.23. The lowest BCUT2D eigenvalue weighted by atomic mass is 9.91. The zero-order valence-electron chi connectivity index (χ0n) is 13.9. The van der Waals surface area contributed by atoms with Crippen LogP contribution < -0.4 is 4.74 Å². The van der Waals surface area contributed by atoms with Gasteiger partial charge in [0.1, 0.15) is 18.1 Å². The fourth-order valence-electron chi connectivity index (χ4n) is 2.52. The van der Waals surface area contributed by atoms with Crippen LogP contribution in [0.3, 0.4) is 0 Å². The monoisotopic (exact) mass is 291 g/mol. The normalized spacial score (nSPS) is 12.4. The number of hydrogen-bond acceptors (Lipinski definition) is 3. The Kier molecular flexibility index (Phi) is 8.06. The number of benzene rings is 1. The number of likely N-dealkylation sites (N-methyl/N-ethyl adjacent to an activating group) is 1. The Bertz CT molecular complexity index is 410. The Hall–Kier alpha value is -1.35. The van der Waals surface area contributed by atoms with E-state index < -0.39 is 0 Å². The highest BCUT2D eigenvalue weighted by Gasteiger charge is 2.16. The molecule has 1 aromatic rings. The van der Waals surface area contributed by atoms with E-state index >= 15 is 0 Å². The highest BCUT2D eigenvalue weighted by Crippen LogP contribution is 2.24. The van der Waals surface area contributed by atoms with Gasteiger partial charge in [0.2, 0.25) is 0 Å². The van der Waals surface area contributed by atoms with Crippen molar-refractivity contribution >= 4 is 5.78 Å². The summed E-state index contributed by atoms with van der Waals surface area (Å²) < 4.78 is 5.77. The van der Waals surface area contributed by atoms with Crippen LogP contribution in [0.4, 0.5) is 0 Å². The summed E-state index contributed by atoms with van der Waals surface area (Å²) in [6.45, 7) is 12.1. The Balaban J connectivity index is 2.55. The van der Waals surface area contributed by atoms with E-state index in [1.54, 1.807) is 0 Å². The third-order valence-electron chi connectivity index (χ3n) is 4.00. The maximum absolute atomic E-state index is 11.9. The van der Waals surface area contributed by atoms with Gasteiger partial charge in [0.15, 0.2) is 0 Å². The Labute approximate surface area is 129 Å². The predicted octanol–water partition coefficient (Wildman–Crippen LogP) is 3.88. The van der Waals surface area contributed by atoms with Crippen molar-refractivity contribution < 1.29 is 9.53 Å². The van der Waals surface area contributed by atoms with Crippen LogP contribution in [-0.4, -0.2) is 36.9 Å². The van der Waals surface area contributed by atoms with Crippen molar-refractivity contribution in [3.63, 3.8) is 0 Å². The van der Waals surface area contributed by atoms with Gasteiger partial charge in [0.05, 0.1) is 0 Å². The summed E-state index contributed by atoms with van der Waals surface area (Å²) in [6.07, 6.45) is 1.45. The molecule has 0 radical (unpaired) electrons. The van der Waals surface area contributed by atoms with E-state index in [1.165, 1.54) is 0 Å². The van der Waals surface area contributed by atoms with E-state index in [1.807, 2.05) is 31.2 Å². The fraction of sp³-hybridized carbons (Fsp3) is 0.611. The van der Waals surface area contributed by atoms with Crippen LogP contribution in [0.1, 0.15) is 52.0 Å². The van der Waals surface area contributed by atoms with Crippen molar-refractivity contribution in [2.45, 2.75) is 46.5 Å². The summed E-state index contributed by atoms with van der Waals surface area (Å²) in [5, 5.41) is 0. The molecule has 1 aromatic carbocycles. The lowest BCUT2D eigenvalue weighted by Crippen LogP contribution is -2.27. The molecule has 0 spiro atoms. The van der Waals surface area contributed by atoms with Gasteiger partial charge < -0.3 is 9.64 Å². The minimum absolute atomic E-state index is 0.0275. The average molecular weight is 291 g/mol. The molecular formula is C18H29NO2. The minimum Gasteiger partial charge on any atom is -0.492 e. The standard InChI is InChI=1S/C18H29NO2/c1-5-17(18(20)6-2)15-9-11-16(12-10-15)21-14-13-19(7-3)8-4/h9-12,17H,5-8,13-14H2,1-4H3/t17-/m0/s1. The molecule has 0 saturated heterocycles. The molecule has 118 valence electrons. The summed E-state index contributed by atoms with van der Waals surface area (Å²) in [5.74, 6) is 1.22. The molecule has 0 aromatic heterocycles. The second-order valence-corrected chi connectivity index (χ2v) is 5.23. The van der Waals surface area contributed by atoms with E-state index in [9.17, 15) is 4.79 Å². The first kappa shape index (κ1) is 17.7. The predicted molar refractivity (Wildman–Crippen MR) is 88.1 cm³/mol. The molecule has 3 heteroatoms.